The van der Waals surface area contributed by atoms with Crippen LogP contribution >= 0.6 is 0 Å². The van der Waals surface area contributed by atoms with Crippen LogP contribution in [0.25, 0.3) is 0 Å². The highest BCUT2D eigenvalue weighted by Gasteiger charge is 2.37. The quantitative estimate of drug-likeness (QED) is 0.787. The SMILES string of the molecule is N#CCN1CCC[C@H]1[C@@H]1CCCN1Cc1ccccc1. The number of hydrogen-bond donors (Lipinski definition) is 0. The highest BCUT2D eigenvalue weighted by molar-refractivity contribution is 5.15. The highest BCUT2D eigenvalue weighted by Crippen LogP contribution is 2.30. The lowest BCUT2D eigenvalue weighted by atomic mass is 10.0. The van der Waals surface area contributed by atoms with Gasteiger partial charge >= 0.3 is 0 Å². The lowest BCUT2D eigenvalue weighted by Crippen LogP contribution is -2.45. The maximum Gasteiger partial charge on any atom is 0.0868 e. The van der Waals surface area contributed by atoms with Crippen LogP contribution in [0.4, 0.5) is 0 Å². The van der Waals surface area contributed by atoms with Crippen molar-refractivity contribution in [3.8, 4) is 6.07 Å². The van der Waals surface area contributed by atoms with Crippen LogP contribution in [0.2, 0.25) is 0 Å². The molecule has 0 aromatic heterocycles. The molecule has 0 unspecified atom stereocenters. The summed E-state index contributed by atoms with van der Waals surface area (Å²) in [5.41, 5.74) is 1.41. The molecule has 3 nitrogen and oxygen atoms in total. The predicted octanol–water partition coefficient (Wildman–Crippen LogP) is 2.64. The van der Waals surface area contributed by atoms with Crippen molar-refractivity contribution in [3.63, 3.8) is 0 Å². The summed E-state index contributed by atoms with van der Waals surface area (Å²) in [7, 11) is 0. The molecule has 0 bridgehead atoms. The number of likely N-dealkylation sites (tertiary alicyclic amines) is 2. The molecule has 2 aliphatic heterocycles. The van der Waals surface area contributed by atoms with Gasteiger partial charge in [-0.15, -0.1) is 0 Å². The Bertz CT molecular complexity index is 465. The molecule has 0 aliphatic carbocycles. The summed E-state index contributed by atoms with van der Waals surface area (Å²) in [6.45, 7) is 3.97. The molecule has 3 rings (SSSR count). The van der Waals surface area contributed by atoms with Gasteiger partial charge in [0.1, 0.15) is 0 Å². The molecular formula is C17H23N3. The fourth-order valence-electron chi connectivity index (χ4n) is 3.88. The highest BCUT2D eigenvalue weighted by atomic mass is 15.3. The standard InChI is InChI=1S/C17H23N3/c18-10-13-19-11-4-8-16(19)17-9-5-12-20(17)14-15-6-2-1-3-7-15/h1-3,6-7,16-17H,4-5,8-9,11-14H2/t16-,17-/m0/s1. The van der Waals surface area contributed by atoms with E-state index in [1.165, 1.54) is 37.8 Å². The third kappa shape index (κ3) is 2.87. The lowest BCUT2D eigenvalue weighted by Gasteiger charge is -2.34. The van der Waals surface area contributed by atoms with E-state index in [0.717, 1.165) is 13.1 Å². The van der Waals surface area contributed by atoms with Gasteiger partial charge in [-0.05, 0) is 44.3 Å². The van der Waals surface area contributed by atoms with Gasteiger partial charge in [-0.25, -0.2) is 0 Å². The Kier molecular flexibility index (Phi) is 4.34. The molecule has 3 heteroatoms. The average molecular weight is 269 g/mol. The van der Waals surface area contributed by atoms with E-state index in [-0.39, 0.29) is 0 Å². The zero-order chi connectivity index (χ0) is 13.8. The van der Waals surface area contributed by atoms with E-state index in [1.807, 2.05) is 0 Å². The van der Waals surface area contributed by atoms with Crippen molar-refractivity contribution in [2.75, 3.05) is 19.6 Å². The minimum atomic E-state index is 0.598. The molecule has 2 heterocycles. The number of benzene rings is 1. The van der Waals surface area contributed by atoms with Gasteiger partial charge in [0.25, 0.3) is 0 Å². The molecule has 106 valence electrons. The molecule has 1 aromatic carbocycles. The third-order valence-electron chi connectivity index (χ3n) is 4.77. The summed E-state index contributed by atoms with van der Waals surface area (Å²) < 4.78 is 0. The van der Waals surface area contributed by atoms with Crippen molar-refractivity contribution in [2.24, 2.45) is 0 Å². The minimum absolute atomic E-state index is 0.598. The van der Waals surface area contributed by atoms with Crippen LogP contribution in [0, 0.1) is 11.3 Å². The molecule has 1 aromatic rings. The van der Waals surface area contributed by atoms with Gasteiger partial charge in [-0.2, -0.15) is 5.26 Å². The third-order valence-corrected chi connectivity index (χ3v) is 4.77. The zero-order valence-electron chi connectivity index (χ0n) is 12.0. The average Bonchev–Trinajstić information content (AvgIpc) is 3.09. The first-order chi connectivity index (χ1) is 9.88. The van der Waals surface area contributed by atoms with Crippen LogP contribution in [-0.4, -0.2) is 41.5 Å². The maximum atomic E-state index is 8.98. The van der Waals surface area contributed by atoms with E-state index in [9.17, 15) is 0 Å². The first kappa shape index (κ1) is 13.6. The molecule has 0 radical (unpaired) electrons. The van der Waals surface area contributed by atoms with Crippen LogP contribution in [0.3, 0.4) is 0 Å². The molecule has 20 heavy (non-hydrogen) atoms. The zero-order valence-corrected chi connectivity index (χ0v) is 12.0. The fourth-order valence-corrected chi connectivity index (χ4v) is 3.88. The molecule has 0 N–H and O–H groups in total. The van der Waals surface area contributed by atoms with Crippen molar-refractivity contribution in [1.29, 1.82) is 5.26 Å². The first-order valence-corrected chi connectivity index (χ1v) is 7.77. The molecule has 2 fully saturated rings. The van der Waals surface area contributed by atoms with Crippen molar-refractivity contribution >= 4 is 0 Å². The number of nitriles is 1. The second kappa shape index (κ2) is 6.39. The Morgan fingerprint density at radius 3 is 2.35 bits per heavy atom. The smallest absolute Gasteiger partial charge is 0.0868 e. The van der Waals surface area contributed by atoms with E-state index in [0.29, 0.717) is 18.6 Å². The monoisotopic (exact) mass is 269 g/mol. The van der Waals surface area contributed by atoms with Crippen molar-refractivity contribution in [1.82, 2.24) is 9.80 Å². The number of rotatable bonds is 4. The molecule has 0 saturated carbocycles. The Morgan fingerprint density at radius 2 is 1.65 bits per heavy atom. The van der Waals surface area contributed by atoms with E-state index < -0.39 is 0 Å². The van der Waals surface area contributed by atoms with E-state index in [4.69, 9.17) is 5.26 Å². The van der Waals surface area contributed by atoms with E-state index >= 15 is 0 Å². The largest absolute Gasteiger partial charge is 0.295 e. The molecular weight excluding hydrogens is 246 g/mol. The maximum absolute atomic E-state index is 8.98. The van der Waals surface area contributed by atoms with Gasteiger partial charge in [-0.1, -0.05) is 30.3 Å². The van der Waals surface area contributed by atoms with Gasteiger partial charge < -0.3 is 0 Å². The molecule has 2 saturated heterocycles. The van der Waals surface area contributed by atoms with Crippen LogP contribution in [-0.2, 0) is 6.54 Å². The summed E-state index contributed by atoms with van der Waals surface area (Å²) >= 11 is 0. The minimum Gasteiger partial charge on any atom is -0.295 e. The number of hydrogen-bond acceptors (Lipinski definition) is 3. The van der Waals surface area contributed by atoms with Crippen molar-refractivity contribution in [3.05, 3.63) is 35.9 Å². The molecule has 2 aliphatic rings. The summed E-state index contributed by atoms with van der Waals surface area (Å²) in [5, 5.41) is 8.98. The van der Waals surface area contributed by atoms with E-state index in [2.05, 4.69) is 46.2 Å². The van der Waals surface area contributed by atoms with Gasteiger partial charge in [0.15, 0.2) is 0 Å². The topological polar surface area (TPSA) is 30.3 Å². The van der Waals surface area contributed by atoms with Crippen LogP contribution in [0.15, 0.2) is 30.3 Å². The van der Waals surface area contributed by atoms with Gasteiger partial charge in [0.05, 0.1) is 12.6 Å². The lowest BCUT2D eigenvalue weighted by molar-refractivity contribution is 0.138. The first-order valence-electron chi connectivity index (χ1n) is 7.77. The summed E-state index contributed by atoms with van der Waals surface area (Å²) in [4.78, 5) is 5.03. The second-order valence-electron chi connectivity index (χ2n) is 6.00. The Balaban J connectivity index is 1.68. The second-order valence-corrected chi connectivity index (χ2v) is 6.00. The molecule has 0 spiro atoms. The fraction of sp³-hybridized carbons (Fsp3) is 0.588. The molecule has 0 amide bonds. The van der Waals surface area contributed by atoms with Crippen LogP contribution in [0.5, 0.6) is 0 Å². The van der Waals surface area contributed by atoms with Gasteiger partial charge in [0.2, 0.25) is 0 Å². The summed E-state index contributed by atoms with van der Waals surface area (Å²) in [5.74, 6) is 0. The van der Waals surface area contributed by atoms with Crippen molar-refractivity contribution < 1.29 is 0 Å². The predicted molar refractivity (Wildman–Crippen MR) is 80.1 cm³/mol. The van der Waals surface area contributed by atoms with Gasteiger partial charge in [-0.3, -0.25) is 9.80 Å². The number of nitrogens with zero attached hydrogens (tertiary/aromatic N) is 3. The summed E-state index contributed by atoms with van der Waals surface area (Å²) in [6, 6.07) is 14.3. The Labute approximate surface area is 121 Å². The van der Waals surface area contributed by atoms with Gasteiger partial charge in [0, 0.05) is 18.6 Å². The Hall–Kier alpha value is -1.37. The van der Waals surface area contributed by atoms with Crippen LogP contribution < -0.4 is 0 Å². The van der Waals surface area contributed by atoms with Crippen LogP contribution in [0.1, 0.15) is 31.2 Å². The Morgan fingerprint density at radius 1 is 1.00 bits per heavy atom. The normalized spacial score (nSPS) is 27.8. The molecule has 2 atom stereocenters. The summed E-state index contributed by atoms with van der Waals surface area (Å²) in [6.07, 6.45) is 5.10. The van der Waals surface area contributed by atoms with E-state index in [1.54, 1.807) is 0 Å². The van der Waals surface area contributed by atoms with Crippen molar-refractivity contribution in [2.45, 2.75) is 44.3 Å².